The van der Waals surface area contributed by atoms with Crippen molar-refractivity contribution in [2.75, 3.05) is 24.8 Å². The zero-order chi connectivity index (χ0) is 11.2. The first kappa shape index (κ1) is 14.2. The van der Waals surface area contributed by atoms with Crippen molar-refractivity contribution in [3.63, 3.8) is 0 Å². The van der Waals surface area contributed by atoms with Crippen molar-refractivity contribution in [1.29, 1.82) is 0 Å². The summed E-state index contributed by atoms with van der Waals surface area (Å²) >= 11 is 5.52. The van der Waals surface area contributed by atoms with Gasteiger partial charge in [0.15, 0.2) is 0 Å². The summed E-state index contributed by atoms with van der Waals surface area (Å²) in [6.45, 7) is 3.80. The predicted molar refractivity (Wildman–Crippen MR) is 57.9 cm³/mol. The van der Waals surface area contributed by atoms with Crippen molar-refractivity contribution in [2.45, 2.75) is 13.8 Å². The zero-order valence-electron chi connectivity index (χ0n) is 8.53. The van der Waals surface area contributed by atoms with Gasteiger partial charge >= 0.3 is 0 Å². The van der Waals surface area contributed by atoms with Crippen LogP contribution in [0.1, 0.15) is 13.8 Å². The van der Waals surface area contributed by atoms with Gasteiger partial charge in [0.1, 0.15) is 0 Å². The third kappa shape index (κ3) is 6.59. The molecule has 0 bridgehead atoms. The first-order valence-electron chi connectivity index (χ1n) is 4.55. The van der Waals surface area contributed by atoms with Gasteiger partial charge in [0.05, 0.1) is 5.75 Å². The van der Waals surface area contributed by atoms with E-state index in [-0.39, 0.29) is 30.7 Å². The van der Waals surface area contributed by atoms with Gasteiger partial charge in [-0.05, 0) is 11.8 Å². The maximum absolute atomic E-state index is 11.4. The molecule has 2 N–H and O–H groups in total. The molecule has 86 valence electrons. The Morgan fingerprint density at radius 1 is 1.36 bits per heavy atom. The van der Waals surface area contributed by atoms with Crippen molar-refractivity contribution < 1.29 is 13.5 Å². The number of rotatable bonds is 7. The van der Waals surface area contributed by atoms with Crippen molar-refractivity contribution in [3.05, 3.63) is 0 Å². The monoisotopic (exact) mass is 243 g/mol. The number of sulfonamides is 1. The van der Waals surface area contributed by atoms with Gasteiger partial charge in [0, 0.05) is 19.0 Å². The summed E-state index contributed by atoms with van der Waals surface area (Å²) in [5.41, 5.74) is 0. The molecule has 0 rings (SSSR count). The summed E-state index contributed by atoms with van der Waals surface area (Å²) in [4.78, 5) is 0. The van der Waals surface area contributed by atoms with E-state index in [1.807, 2.05) is 0 Å². The molecule has 0 aromatic rings. The van der Waals surface area contributed by atoms with Crippen LogP contribution in [0.2, 0.25) is 0 Å². The number of aliphatic hydroxyl groups excluding tert-OH is 1. The Labute approximate surface area is 90.7 Å². The molecule has 0 aliphatic carbocycles. The highest BCUT2D eigenvalue weighted by Crippen LogP contribution is 2.02. The van der Waals surface area contributed by atoms with Crippen molar-refractivity contribution >= 4 is 21.6 Å². The molecule has 0 saturated heterocycles. The summed E-state index contributed by atoms with van der Waals surface area (Å²) in [5.74, 6) is 0.250. The van der Waals surface area contributed by atoms with Crippen molar-refractivity contribution in [1.82, 2.24) is 4.72 Å². The number of alkyl halides is 1. The maximum Gasteiger partial charge on any atom is 0.211 e. The van der Waals surface area contributed by atoms with E-state index in [1.54, 1.807) is 13.8 Å². The van der Waals surface area contributed by atoms with Crippen LogP contribution in [0.15, 0.2) is 0 Å². The van der Waals surface area contributed by atoms with Crippen LogP contribution in [0, 0.1) is 11.8 Å². The fourth-order valence-electron chi connectivity index (χ4n) is 0.812. The van der Waals surface area contributed by atoms with E-state index in [0.29, 0.717) is 5.88 Å². The third-order valence-corrected chi connectivity index (χ3v) is 3.87. The van der Waals surface area contributed by atoms with Crippen LogP contribution >= 0.6 is 11.6 Å². The molecule has 0 aromatic heterocycles. The van der Waals surface area contributed by atoms with E-state index in [4.69, 9.17) is 16.7 Å². The third-order valence-electron chi connectivity index (χ3n) is 1.73. The van der Waals surface area contributed by atoms with Crippen LogP contribution in [0.3, 0.4) is 0 Å². The molecule has 0 saturated carbocycles. The smallest absolute Gasteiger partial charge is 0.211 e. The molecule has 14 heavy (non-hydrogen) atoms. The lowest BCUT2D eigenvalue weighted by Gasteiger charge is -2.12. The Kier molecular flexibility index (Phi) is 6.68. The van der Waals surface area contributed by atoms with Crippen LogP contribution in [-0.4, -0.2) is 38.3 Å². The summed E-state index contributed by atoms with van der Waals surface area (Å²) < 4.78 is 25.2. The molecule has 2 atom stereocenters. The number of hydrogen-bond acceptors (Lipinski definition) is 3. The molecule has 0 aliphatic heterocycles. The minimum Gasteiger partial charge on any atom is -0.396 e. The molecule has 0 aromatic carbocycles. The molecular weight excluding hydrogens is 226 g/mol. The molecular formula is C8H18ClNO3S. The van der Waals surface area contributed by atoms with E-state index in [0.717, 1.165) is 0 Å². The highest BCUT2D eigenvalue weighted by atomic mass is 35.5. The first-order valence-corrected chi connectivity index (χ1v) is 6.74. The lowest BCUT2D eigenvalue weighted by molar-refractivity contribution is 0.238. The minimum atomic E-state index is -3.24. The van der Waals surface area contributed by atoms with Crippen molar-refractivity contribution in [3.8, 4) is 0 Å². The summed E-state index contributed by atoms with van der Waals surface area (Å²) in [6.07, 6.45) is 0. The average molecular weight is 244 g/mol. The standard InChI is InChI=1S/C8H18ClNO3S/c1-7(3-9)6-14(12,13)10-4-8(2)5-11/h7-8,10-11H,3-6H2,1-2H3. The fraction of sp³-hybridized carbons (Fsp3) is 1.00. The Hall–Kier alpha value is 0.160. The molecule has 0 heterocycles. The van der Waals surface area contributed by atoms with Crippen LogP contribution in [0.4, 0.5) is 0 Å². The molecule has 6 heteroatoms. The summed E-state index contributed by atoms with van der Waals surface area (Å²) in [5, 5.41) is 8.70. The van der Waals surface area contributed by atoms with Gasteiger partial charge in [-0.1, -0.05) is 13.8 Å². The Bertz CT molecular complexity index is 243. The average Bonchev–Trinajstić information content (AvgIpc) is 2.13. The Balaban J connectivity index is 3.96. The lowest BCUT2D eigenvalue weighted by atomic mass is 10.2. The normalized spacial score (nSPS) is 16.6. The zero-order valence-corrected chi connectivity index (χ0v) is 10.1. The minimum absolute atomic E-state index is 0.0203. The molecule has 0 fully saturated rings. The van der Waals surface area contributed by atoms with E-state index in [2.05, 4.69) is 4.72 Å². The van der Waals surface area contributed by atoms with E-state index < -0.39 is 10.0 Å². The summed E-state index contributed by atoms with van der Waals surface area (Å²) in [7, 11) is -3.24. The van der Waals surface area contributed by atoms with Gasteiger partial charge in [-0.2, -0.15) is 0 Å². The van der Waals surface area contributed by atoms with Gasteiger partial charge in [-0.3, -0.25) is 0 Å². The molecule has 0 spiro atoms. The SMILES string of the molecule is CC(CO)CNS(=O)(=O)CC(C)CCl. The molecule has 0 aliphatic rings. The van der Waals surface area contributed by atoms with Gasteiger partial charge < -0.3 is 5.11 Å². The highest BCUT2D eigenvalue weighted by molar-refractivity contribution is 7.89. The summed E-state index contributed by atoms with van der Waals surface area (Å²) in [6, 6.07) is 0. The van der Waals surface area contributed by atoms with Crippen LogP contribution in [-0.2, 0) is 10.0 Å². The van der Waals surface area contributed by atoms with Crippen LogP contribution in [0.25, 0.3) is 0 Å². The van der Waals surface area contributed by atoms with Crippen molar-refractivity contribution in [2.24, 2.45) is 11.8 Å². The van der Waals surface area contributed by atoms with Gasteiger partial charge in [-0.25, -0.2) is 13.1 Å². The predicted octanol–water partition coefficient (Wildman–Crippen LogP) is 0.409. The number of aliphatic hydroxyl groups is 1. The number of halogens is 1. The molecule has 4 nitrogen and oxygen atoms in total. The van der Waals surface area contributed by atoms with E-state index in [9.17, 15) is 8.42 Å². The van der Waals surface area contributed by atoms with Gasteiger partial charge in [0.25, 0.3) is 0 Å². The largest absolute Gasteiger partial charge is 0.396 e. The Morgan fingerprint density at radius 2 is 1.93 bits per heavy atom. The van der Waals surface area contributed by atoms with E-state index in [1.165, 1.54) is 0 Å². The van der Waals surface area contributed by atoms with Gasteiger partial charge in [-0.15, -0.1) is 11.6 Å². The topological polar surface area (TPSA) is 66.4 Å². The second kappa shape index (κ2) is 6.61. The molecule has 0 amide bonds. The fourth-order valence-corrected chi connectivity index (χ4v) is 2.57. The first-order chi connectivity index (χ1) is 6.41. The quantitative estimate of drug-likeness (QED) is 0.637. The number of hydrogen-bond donors (Lipinski definition) is 2. The van der Waals surface area contributed by atoms with Gasteiger partial charge in [0.2, 0.25) is 10.0 Å². The van der Waals surface area contributed by atoms with E-state index >= 15 is 0 Å². The van der Waals surface area contributed by atoms with Crippen LogP contribution in [0.5, 0.6) is 0 Å². The lowest BCUT2D eigenvalue weighted by Crippen LogP contribution is -2.33. The second-order valence-electron chi connectivity index (χ2n) is 3.68. The second-order valence-corrected chi connectivity index (χ2v) is 5.84. The maximum atomic E-state index is 11.4. The Morgan fingerprint density at radius 3 is 2.36 bits per heavy atom. The number of nitrogens with one attached hydrogen (secondary N) is 1. The highest BCUT2D eigenvalue weighted by Gasteiger charge is 2.15. The molecule has 2 unspecified atom stereocenters. The van der Waals surface area contributed by atoms with Crippen LogP contribution < -0.4 is 4.72 Å². The molecule has 0 radical (unpaired) electrons.